The summed E-state index contributed by atoms with van der Waals surface area (Å²) in [7, 11) is -3.50. The van der Waals surface area contributed by atoms with Gasteiger partial charge >= 0.3 is 0 Å². The van der Waals surface area contributed by atoms with Gasteiger partial charge in [0, 0.05) is 38.3 Å². The first kappa shape index (κ1) is 22.5. The van der Waals surface area contributed by atoms with E-state index in [1.807, 2.05) is 4.90 Å². The van der Waals surface area contributed by atoms with Gasteiger partial charge in [0.15, 0.2) is 0 Å². The van der Waals surface area contributed by atoms with E-state index in [9.17, 15) is 18.0 Å². The van der Waals surface area contributed by atoms with Crippen LogP contribution in [-0.4, -0.2) is 62.2 Å². The lowest BCUT2D eigenvalue weighted by molar-refractivity contribution is 0.0683. The van der Waals surface area contributed by atoms with Crippen molar-refractivity contribution in [3.05, 3.63) is 54.0 Å². The molecule has 0 radical (unpaired) electrons. The lowest BCUT2D eigenvalue weighted by Gasteiger charge is -2.31. The van der Waals surface area contributed by atoms with Gasteiger partial charge in [-0.3, -0.25) is 9.59 Å². The third-order valence-electron chi connectivity index (χ3n) is 6.29. The van der Waals surface area contributed by atoms with Crippen molar-refractivity contribution < 1.29 is 22.4 Å². The zero-order valence-corrected chi connectivity index (χ0v) is 18.9. The Balaban J connectivity index is 1.26. The summed E-state index contributed by atoms with van der Waals surface area (Å²) in [6.07, 6.45) is 7.41. The summed E-state index contributed by atoms with van der Waals surface area (Å²) >= 11 is 0. The van der Waals surface area contributed by atoms with E-state index in [1.165, 1.54) is 29.0 Å². The van der Waals surface area contributed by atoms with Gasteiger partial charge < -0.3 is 14.6 Å². The Morgan fingerprint density at radius 3 is 2.25 bits per heavy atom. The fourth-order valence-electron chi connectivity index (χ4n) is 4.28. The molecule has 8 nitrogen and oxygen atoms in total. The van der Waals surface area contributed by atoms with Gasteiger partial charge in [-0.25, -0.2) is 8.42 Å². The summed E-state index contributed by atoms with van der Waals surface area (Å²) in [4.78, 5) is 26.9. The average Bonchev–Trinajstić information content (AvgIpc) is 3.38. The van der Waals surface area contributed by atoms with E-state index in [0.717, 1.165) is 32.1 Å². The minimum Gasteiger partial charge on any atom is -0.472 e. The molecule has 0 spiro atoms. The Morgan fingerprint density at radius 1 is 0.938 bits per heavy atom. The Labute approximate surface area is 188 Å². The molecule has 4 rings (SSSR count). The molecule has 2 fully saturated rings. The van der Waals surface area contributed by atoms with E-state index >= 15 is 0 Å². The molecule has 172 valence electrons. The number of carbonyl (C=O) groups excluding carboxylic acids is 2. The first-order valence-corrected chi connectivity index (χ1v) is 12.6. The smallest absolute Gasteiger partial charge is 0.257 e. The highest BCUT2D eigenvalue weighted by molar-refractivity contribution is 7.89. The summed E-state index contributed by atoms with van der Waals surface area (Å²) in [6, 6.07) is 7.83. The minimum absolute atomic E-state index is 0.0270. The van der Waals surface area contributed by atoms with Crippen LogP contribution in [0.3, 0.4) is 0 Å². The van der Waals surface area contributed by atoms with E-state index in [2.05, 4.69) is 5.32 Å². The van der Waals surface area contributed by atoms with Crippen molar-refractivity contribution in [2.45, 2.75) is 37.0 Å². The Hall–Kier alpha value is -2.65. The largest absolute Gasteiger partial charge is 0.472 e. The Bertz CT molecular complexity index is 1020. The number of carbonyl (C=O) groups is 2. The number of furan rings is 1. The molecule has 2 saturated heterocycles. The van der Waals surface area contributed by atoms with Crippen LogP contribution in [0.25, 0.3) is 0 Å². The molecule has 0 bridgehead atoms. The summed E-state index contributed by atoms with van der Waals surface area (Å²) in [5.41, 5.74) is 0.998. The number of nitrogens with zero attached hydrogens (tertiary/aromatic N) is 2. The van der Waals surface area contributed by atoms with Gasteiger partial charge in [0.25, 0.3) is 11.8 Å². The molecule has 1 aromatic heterocycles. The fraction of sp³-hybridized carbons (Fsp3) is 0.478. The third-order valence-corrected chi connectivity index (χ3v) is 8.20. The number of piperidine rings is 2. The zero-order chi connectivity index (χ0) is 22.6. The molecule has 1 aromatic carbocycles. The van der Waals surface area contributed by atoms with Crippen LogP contribution < -0.4 is 5.32 Å². The predicted octanol–water partition coefficient (Wildman–Crippen LogP) is 2.74. The van der Waals surface area contributed by atoms with Crippen molar-refractivity contribution in [1.82, 2.24) is 14.5 Å². The minimum atomic E-state index is -3.50. The first-order valence-electron chi connectivity index (χ1n) is 11.1. The first-order chi connectivity index (χ1) is 15.4. The van der Waals surface area contributed by atoms with E-state index in [1.54, 1.807) is 18.2 Å². The molecule has 0 saturated carbocycles. The van der Waals surface area contributed by atoms with Crippen molar-refractivity contribution in [3.8, 4) is 0 Å². The molecule has 0 atom stereocenters. The van der Waals surface area contributed by atoms with Gasteiger partial charge in [-0.2, -0.15) is 4.31 Å². The quantitative estimate of drug-likeness (QED) is 0.716. The number of rotatable bonds is 6. The van der Waals surface area contributed by atoms with Gasteiger partial charge in [-0.1, -0.05) is 6.42 Å². The number of hydrogen-bond acceptors (Lipinski definition) is 5. The van der Waals surface area contributed by atoms with Crippen LogP contribution in [0.2, 0.25) is 0 Å². The maximum atomic E-state index is 12.7. The highest BCUT2D eigenvalue weighted by Gasteiger charge is 2.27. The van der Waals surface area contributed by atoms with Gasteiger partial charge in [-0.05, 0) is 61.9 Å². The fourth-order valence-corrected chi connectivity index (χ4v) is 5.80. The molecule has 9 heteroatoms. The van der Waals surface area contributed by atoms with Gasteiger partial charge in [0.2, 0.25) is 10.0 Å². The normalized spacial score (nSPS) is 18.4. The second-order valence-electron chi connectivity index (χ2n) is 8.45. The van der Waals surface area contributed by atoms with Crippen LogP contribution in [0.1, 0.15) is 52.8 Å². The SMILES string of the molecule is O=C(NCC1CCN(C(=O)c2ccoc2)CC1)c1ccc(S(=O)(=O)N2CCCCC2)cc1. The summed E-state index contributed by atoms with van der Waals surface area (Å²) in [5.74, 6) is 0.0516. The number of hydrogen-bond donors (Lipinski definition) is 1. The summed E-state index contributed by atoms with van der Waals surface area (Å²) < 4.78 is 32.0. The molecule has 3 heterocycles. The van der Waals surface area contributed by atoms with Crippen LogP contribution in [0.5, 0.6) is 0 Å². The molecular weight excluding hydrogens is 430 g/mol. The van der Waals surface area contributed by atoms with E-state index in [0.29, 0.717) is 49.8 Å². The second kappa shape index (κ2) is 9.87. The van der Waals surface area contributed by atoms with Gasteiger partial charge in [0.1, 0.15) is 6.26 Å². The summed E-state index contributed by atoms with van der Waals surface area (Å²) in [6.45, 7) is 2.93. The molecule has 2 aliphatic rings. The van der Waals surface area contributed by atoms with Crippen LogP contribution in [0.15, 0.2) is 52.2 Å². The van der Waals surface area contributed by atoms with Crippen LogP contribution in [0, 0.1) is 5.92 Å². The number of sulfonamides is 1. The Kier molecular flexibility index (Phi) is 6.95. The molecular formula is C23H29N3O5S. The van der Waals surface area contributed by atoms with Crippen molar-refractivity contribution in [1.29, 1.82) is 0 Å². The molecule has 0 unspecified atom stereocenters. The Morgan fingerprint density at radius 2 is 1.62 bits per heavy atom. The predicted molar refractivity (Wildman–Crippen MR) is 119 cm³/mol. The standard InChI is InChI=1S/C23H29N3O5S/c27-22(19-4-6-21(7-5-19)32(29,30)26-11-2-1-3-12-26)24-16-18-8-13-25(14-9-18)23(28)20-10-15-31-17-20/h4-7,10,15,17-18H,1-3,8-9,11-14,16H2,(H,24,27). The summed E-state index contributed by atoms with van der Waals surface area (Å²) in [5, 5.41) is 2.94. The van der Waals surface area contributed by atoms with Crippen molar-refractivity contribution >= 4 is 21.8 Å². The lowest BCUT2D eigenvalue weighted by atomic mass is 9.96. The third kappa shape index (κ3) is 5.05. The van der Waals surface area contributed by atoms with Gasteiger partial charge in [-0.15, -0.1) is 0 Å². The molecule has 32 heavy (non-hydrogen) atoms. The molecule has 0 aliphatic carbocycles. The van der Waals surface area contributed by atoms with Crippen molar-refractivity contribution in [2.75, 3.05) is 32.7 Å². The highest BCUT2D eigenvalue weighted by atomic mass is 32.2. The average molecular weight is 460 g/mol. The maximum Gasteiger partial charge on any atom is 0.257 e. The highest BCUT2D eigenvalue weighted by Crippen LogP contribution is 2.22. The van der Waals surface area contributed by atoms with E-state index < -0.39 is 10.0 Å². The number of nitrogens with one attached hydrogen (secondary N) is 1. The number of amides is 2. The molecule has 2 aliphatic heterocycles. The van der Waals surface area contributed by atoms with Crippen molar-refractivity contribution in [2.24, 2.45) is 5.92 Å². The number of benzene rings is 1. The zero-order valence-electron chi connectivity index (χ0n) is 18.0. The van der Waals surface area contributed by atoms with Crippen molar-refractivity contribution in [3.63, 3.8) is 0 Å². The molecule has 2 aromatic rings. The van der Waals surface area contributed by atoms with Gasteiger partial charge in [0.05, 0.1) is 16.7 Å². The maximum absolute atomic E-state index is 12.7. The number of likely N-dealkylation sites (tertiary alicyclic amines) is 1. The topological polar surface area (TPSA) is 99.9 Å². The molecule has 1 N–H and O–H groups in total. The van der Waals surface area contributed by atoms with Crippen LogP contribution >= 0.6 is 0 Å². The molecule has 2 amide bonds. The van der Waals surface area contributed by atoms with Crippen LogP contribution in [0.4, 0.5) is 0 Å². The second-order valence-corrected chi connectivity index (χ2v) is 10.4. The van der Waals surface area contributed by atoms with E-state index in [-0.39, 0.29) is 16.7 Å². The monoisotopic (exact) mass is 459 g/mol. The van der Waals surface area contributed by atoms with Crippen LogP contribution in [-0.2, 0) is 10.0 Å². The lowest BCUT2D eigenvalue weighted by Crippen LogP contribution is -2.41. The van der Waals surface area contributed by atoms with E-state index in [4.69, 9.17) is 4.42 Å².